The van der Waals surface area contributed by atoms with E-state index >= 15 is 0 Å². The molecule has 0 aliphatic carbocycles. The molecule has 19 nitrogen and oxygen atoms in total. The first-order chi connectivity index (χ1) is 35.8. The SMILES string of the molecule is C=C1N=C(C)C(C)=C(C)N1C(C)(C)C.C=C1N=C(C)C(C)=NN1C(C)(C)C.C=C1N=C(C)N=C(C)N1C(C)(C)C.Cc1nc(=O)n(C(C)(C)C)c(C)c1C.Cc1nc(=O)n(C(C)(C)C)nc1C.Cc1nc(C)n(C(C)(C)C)c(=O)n1. The number of aliphatic imine (C=N–C) groups is 4. The number of hydrogen-bond acceptors (Lipinski definition) is 16. The van der Waals surface area contributed by atoms with E-state index in [0.29, 0.717) is 17.3 Å². The molecule has 0 N–H and O–H groups in total. The molecule has 0 atom stereocenters. The molecule has 0 fully saturated rings. The zero-order valence-corrected chi connectivity index (χ0v) is 55.5. The molecule has 3 aromatic rings. The quantitative estimate of drug-likeness (QED) is 0.207. The molecule has 0 aromatic carbocycles. The average Bonchev–Trinajstić information content (AvgIpc) is 3.22. The summed E-state index contributed by atoms with van der Waals surface area (Å²) < 4.78 is 4.75. The molecular formula is C61H102N16O3. The maximum Gasteiger partial charge on any atom is 0.364 e. The summed E-state index contributed by atoms with van der Waals surface area (Å²) in [6.07, 6.45) is 0. The van der Waals surface area contributed by atoms with E-state index in [4.69, 9.17) is 0 Å². The van der Waals surface area contributed by atoms with Crippen molar-refractivity contribution in [3.8, 4) is 0 Å². The largest absolute Gasteiger partial charge is 0.364 e. The number of allylic oxidation sites excluding steroid dienone is 2. The highest BCUT2D eigenvalue weighted by Crippen LogP contribution is 2.31. The maximum absolute atomic E-state index is 11.7. The van der Waals surface area contributed by atoms with Crippen molar-refractivity contribution < 1.29 is 0 Å². The van der Waals surface area contributed by atoms with Gasteiger partial charge in [0.25, 0.3) is 0 Å². The second-order valence-corrected chi connectivity index (χ2v) is 26.3. The minimum absolute atomic E-state index is 0.00509. The van der Waals surface area contributed by atoms with Crippen molar-refractivity contribution in [3.05, 3.63) is 120 Å². The van der Waals surface area contributed by atoms with Crippen molar-refractivity contribution in [1.82, 2.24) is 53.7 Å². The molecule has 80 heavy (non-hydrogen) atoms. The Morgan fingerprint density at radius 3 is 1.27 bits per heavy atom. The van der Waals surface area contributed by atoms with E-state index < -0.39 is 0 Å². The summed E-state index contributed by atoms with van der Waals surface area (Å²) in [7, 11) is 0. The number of aromatic nitrogens is 8. The van der Waals surface area contributed by atoms with Crippen molar-refractivity contribution in [1.29, 1.82) is 0 Å². The van der Waals surface area contributed by atoms with Crippen molar-refractivity contribution in [3.63, 3.8) is 0 Å². The zero-order chi connectivity index (χ0) is 63.1. The summed E-state index contributed by atoms with van der Waals surface area (Å²) in [6, 6.07) is 0. The summed E-state index contributed by atoms with van der Waals surface area (Å²) in [5, 5.41) is 10.5. The monoisotopic (exact) mass is 1110 g/mol. The van der Waals surface area contributed by atoms with Crippen LogP contribution in [0.5, 0.6) is 0 Å². The predicted molar refractivity (Wildman–Crippen MR) is 335 cm³/mol. The van der Waals surface area contributed by atoms with Crippen LogP contribution in [0.3, 0.4) is 0 Å². The second-order valence-electron chi connectivity index (χ2n) is 26.3. The van der Waals surface area contributed by atoms with Crippen LogP contribution in [0.25, 0.3) is 0 Å². The minimum atomic E-state index is -0.303. The normalized spacial score (nSPS) is 15.2. The third kappa shape index (κ3) is 19.8. The van der Waals surface area contributed by atoms with Gasteiger partial charge in [-0.2, -0.15) is 25.2 Å². The van der Waals surface area contributed by atoms with Crippen LogP contribution in [-0.4, -0.2) is 99.1 Å². The molecule has 0 amide bonds. The Labute approximate surface area is 480 Å². The van der Waals surface area contributed by atoms with E-state index in [2.05, 4.69) is 151 Å². The van der Waals surface area contributed by atoms with Gasteiger partial charge >= 0.3 is 17.1 Å². The van der Waals surface area contributed by atoms with E-state index in [1.807, 2.05) is 141 Å². The van der Waals surface area contributed by atoms with Crippen LogP contribution in [0.1, 0.15) is 213 Å². The lowest BCUT2D eigenvalue weighted by molar-refractivity contribution is 0.191. The third-order valence-corrected chi connectivity index (χ3v) is 12.6. The molecule has 0 radical (unpaired) electrons. The fourth-order valence-electron chi connectivity index (χ4n) is 8.61. The fraction of sp³-hybridized carbons (Fsp3) is 0.623. The predicted octanol–water partition coefficient (Wildman–Crippen LogP) is 12.1. The van der Waals surface area contributed by atoms with Gasteiger partial charge in [-0.05, 0) is 233 Å². The first-order valence-electron chi connectivity index (χ1n) is 27.2. The number of aryl methyl sites for hydroxylation is 5. The summed E-state index contributed by atoms with van der Waals surface area (Å²) in [5.74, 6) is 5.33. The molecule has 0 saturated carbocycles. The molecule has 0 bridgehead atoms. The van der Waals surface area contributed by atoms with Gasteiger partial charge in [0.15, 0.2) is 0 Å². The van der Waals surface area contributed by atoms with Crippen LogP contribution in [0, 0.1) is 48.5 Å². The van der Waals surface area contributed by atoms with Crippen molar-refractivity contribution in [2.24, 2.45) is 25.1 Å². The first kappa shape index (κ1) is 71.2. The van der Waals surface area contributed by atoms with E-state index in [1.54, 1.807) is 23.0 Å². The Bertz CT molecular complexity index is 3170. The van der Waals surface area contributed by atoms with E-state index in [9.17, 15) is 14.4 Å². The molecule has 3 aliphatic heterocycles. The van der Waals surface area contributed by atoms with Gasteiger partial charge in [0.05, 0.1) is 33.9 Å². The molecular weight excluding hydrogens is 1000 g/mol. The first-order valence-corrected chi connectivity index (χ1v) is 27.2. The van der Waals surface area contributed by atoms with Gasteiger partial charge in [0.2, 0.25) is 0 Å². The van der Waals surface area contributed by atoms with Crippen LogP contribution >= 0.6 is 0 Å². The van der Waals surface area contributed by atoms with Crippen molar-refractivity contribution >= 4 is 28.8 Å². The van der Waals surface area contributed by atoms with Gasteiger partial charge < -0.3 is 9.80 Å². The minimum Gasteiger partial charge on any atom is -0.325 e. The highest BCUT2D eigenvalue weighted by molar-refractivity contribution is 6.41. The zero-order valence-electron chi connectivity index (χ0n) is 55.5. The summed E-state index contributed by atoms with van der Waals surface area (Å²) >= 11 is 0. The Morgan fingerprint density at radius 2 is 0.850 bits per heavy atom. The Kier molecular flexibility index (Phi) is 23.7. The van der Waals surface area contributed by atoms with Gasteiger partial charge in [-0.1, -0.05) is 19.7 Å². The van der Waals surface area contributed by atoms with Gasteiger partial charge in [-0.3, -0.25) is 9.13 Å². The second kappa shape index (κ2) is 26.7. The summed E-state index contributed by atoms with van der Waals surface area (Å²) in [6.45, 7) is 75.7. The van der Waals surface area contributed by atoms with Crippen LogP contribution in [-0.2, 0) is 16.6 Å². The van der Waals surface area contributed by atoms with E-state index in [0.717, 1.165) is 68.9 Å². The van der Waals surface area contributed by atoms with Crippen LogP contribution < -0.4 is 17.1 Å². The lowest BCUT2D eigenvalue weighted by Crippen LogP contribution is -2.44. The Balaban J connectivity index is 0.000000480. The number of amidine groups is 2. The van der Waals surface area contributed by atoms with Gasteiger partial charge in [0.1, 0.15) is 40.8 Å². The smallest absolute Gasteiger partial charge is 0.325 e. The average molecular weight is 1110 g/mol. The van der Waals surface area contributed by atoms with Crippen LogP contribution in [0.2, 0.25) is 0 Å². The van der Waals surface area contributed by atoms with Gasteiger partial charge in [-0.25, -0.2) is 49.0 Å². The molecule has 0 spiro atoms. The lowest BCUT2D eigenvalue weighted by atomic mass is 10.0. The number of hydrogen-bond donors (Lipinski definition) is 0. The molecule has 6 rings (SSSR count). The maximum atomic E-state index is 11.7. The Morgan fingerprint density at radius 1 is 0.400 bits per heavy atom. The molecule has 3 aliphatic rings. The van der Waals surface area contributed by atoms with Crippen LogP contribution in [0.15, 0.2) is 87.9 Å². The fourth-order valence-corrected chi connectivity index (χ4v) is 8.61. The standard InChI is InChI=1S/C12H20N2.C11H18N2O.2C10H17N3.2C9H15N3O/c1-8-9(2)13-11(4)14(10(8)3)12(5,6)7;1-7-8(2)12-10(14)13(9(7)3)11(4,5)6;1-7-11-8(2)13(9(3)12-7)10(4,5)6;1-7-8(2)12-13(9(3)11-7)10(4,5)6;1-6-10-7(2)12(8(13)11-6)9(3,4)5;1-6-7(2)11-12(8(13)10-6)9(3,4)5/h4H2,1-3,5-7H3;1-6H3;2H2,1,3-6H3;3H2,1-2,4-6H3;2*1-5H3. The molecule has 444 valence electrons. The van der Waals surface area contributed by atoms with Gasteiger partial charge in [0, 0.05) is 45.0 Å². The Hall–Kier alpha value is -6.79. The van der Waals surface area contributed by atoms with Gasteiger partial charge in [-0.15, -0.1) is 0 Å². The highest BCUT2D eigenvalue weighted by Gasteiger charge is 2.30. The van der Waals surface area contributed by atoms with Crippen LogP contribution in [0.4, 0.5) is 0 Å². The topological polar surface area (TPSA) is 202 Å². The summed E-state index contributed by atoms with van der Waals surface area (Å²) in [4.78, 5) is 72.1. The summed E-state index contributed by atoms with van der Waals surface area (Å²) in [5.41, 5.74) is 8.51. The molecule has 0 unspecified atom stereocenters. The molecule has 0 saturated heterocycles. The molecule has 6 heterocycles. The van der Waals surface area contributed by atoms with Crippen molar-refractivity contribution in [2.45, 2.75) is 255 Å². The van der Waals surface area contributed by atoms with Crippen molar-refractivity contribution in [2.75, 3.05) is 0 Å². The number of rotatable bonds is 0. The number of hydrazone groups is 1. The molecule has 3 aromatic heterocycles. The van der Waals surface area contributed by atoms with E-state index in [-0.39, 0.29) is 50.3 Å². The molecule has 19 heteroatoms. The third-order valence-electron chi connectivity index (χ3n) is 12.6. The number of nitrogens with zero attached hydrogens (tertiary/aromatic N) is 16. The van der Waals surface area contributed by atoms with E-state index in [1.165, 1.54) is 16.0 Å². The lowest BCUT2D eigenvalue weighted by Gasteiger charge is -2.41. The highest BCUT2D eigenvalue weighted by atomic mass is 16.2.